The summed E-state index contributed by atoms with van der Waals surface area (Å²) in [5, 5.41) is 0. The predicted molar refractivity (Wildman–Crippen MR) is 77.0 cm³/mol. The summed E-state index contributed by atoms with van der Waals surface area (Å²) < 4.78 is 0. The van der Waals surface area contributed by atoms with Gasteiger partial charge in [0.25, 0.3) is 0 Å². The second-order valence-corrected chi connectivity index (χ2v) is 5.35. The molecule has 0 aromatic rings. The number of unbranched alkanes of at least 4 members (excludes halogenated alkanes) is 2. The highest BCUT2D eigenvalue weighted by molar-refractivity contribution is 5.31. The summed E-state index contributed by atoms with van der Waals surface area (Å²) >= 11 is 0. The van der Waals surface area contributed by atoms with E-state index in [0.717, 1.165) is 5.92 Å². The predicted octanol–water partition coefficient (Wildman–Crippen LogP) is 4.76. The monoisotopic (exact) mass is 235 g/mol. The molecule has 0 bridgehead atoms. The van der Waals surface area contributed by atoms with E-state index >= 15 is 0 Å². The van der Waals surface area contributed by atoms with Crippen LogP contribution < -0.4 is 0 Å². The number of nitrogens with zero attached hydrogens (tertiary/aromatic N) is 1. The molecule has 17 heavy (non-hydrogen) atoms. The summed E-state index contributed by atoms with van der Waals surface area (Å²) in [7, 11) is 0. The fourth-order valence-electron chi connectivity index (χ4n) is 2.59. The van der Waals surface area contributed by atoms with Crippen molar-refractivity contribution in [2.75, 3.05) is 13.1 Å². The van der Waals surface area contributed by atoms with Crippen LogP contribution in [0.5, 0.6) is 0 Å². The van der Waals surface area contributed by atoms with Crippen molar-refractivity contribution in [3.63, 3.8) is 0 Å². The Morgan fingerprint density at radius 1 is 1.18 bits per heavy atom. The highest BCUT2D eigenvalue weighted by Crippen LogP contribution is 2.25. The molecule has 0 aliphatic heterocycles. The minimum Gasteiger partial charge on any atom is -0.372 e. The Kier molecular flexibility index (Phi) is 6.39. The second kappa shape index (κ2) is 7.58. The van der Waals surface area contributed by atoms with Gasteiger partial charge in [0.1, 0.15) is 0 Å². The first kappa shape index (κ1) is 14.3. The molecule has 0 saturated heterocycles. The topological polar surface area (TPSA) is 3.24 Å². The fourth-order valence-corrected chi connectivity index (χ4v) is 2.59. The van der Waals surface area contributed by atoms with Crippen LogP contribution in [0.15, 0.2) is 23.4 Å². The highest BCUT2D eigenvalue weighted by atomic mass is 15.1. The summed E-state index contributed by atoms with van der Waals surface area (Å²) in [6.07, 6.45) is 11.3. The van der Waals surface area contributed by atoms with Crippen molar-refractivity contribution < 1.29 is 0 Å². The zero-order valence-corrected chi connectivity index (χ0v) is 12.1. The third-order valence-corrected chi connectivity index (χ3v) is 3.49. The van der Waals surface area contributed by atoms with Crippen molar-refractivity contribution in [3.05, 3.63) is 23.4 Å². The van der Waals surface area contributed by atoms with Crippen LogP contribution in [0.3, 0.4) is 0 Å². The lowest BCUT2D eigenvalue weighted by atomic mass is 9.95. The number of hydrogen-bond acceptors (Lipinski definition) is 1. The van der Waals surface area contributed by atoms with Gasteiger partial charge in [0.2, 0.25) is 0 Å². The highest BCUT2D eigenvalue weighted by Gasteiger charge is 2.14. The van der Waals surface area contributed by atoms with E-state index in [1.54, 1.807) is 0 Å². The normalized spacial score (nSPS) is 19.9. The lowest BCUT2D eigenvalue weighted by molar-refractivity contribution is 0.336. The number of rotatable bonds is 7. The summed E-state index contributed by atoms with van der Waals surface area (Å²) in [4.78, 5) is 2.59. The van der Waals surface area contributed by atoms with Gasteiger partial charge in [0.15, 0.2) is 0 Å². The van der Waals surface area contributed by atoms with Crippen LogP contribution in [0.2, 0.25) is 0 Å². The van der Waals surface area contributed by atoms with Gasteiger partial charge in [-0.15, -0.1) is 0 Å². The zero-order valence-electron chi connectivity index (χ0n) is 12.1. The molecule has 0 radical (unpaired) electrons. The van der Waals surface area contributed by atoms with Crippen LogP contribution in [0.4, 0.5) is 0 Å². The minimum atomic E-state index is 0.720. The Morgan fingerprint density at radius 2 is 1.94 bits per heavy atom. The van der Waals surface area contributed by atoms with E-state index < -0.39 is 0 Å². The molecule has 1 aliphatic carbocycles. The Bertz CT molecular complexity index is 275. The lowest BCUT2D eigenvalue weighted by Gasteiger charge is -2.30. The van der Waals surface area contributed by atoms with E-state index in [2.05, 4.69) is 44.7 Å². The van der Waals surface area contributed by atoms with E-state index in [0.29, 0.717) is 0 Å². The van der Waals surface area contributed by atoms with Gasteiger partial charge in [-0.1, -0.05) is 45.8 Å². The number of allylic oxidation sites excluding steroid dienone is 3. The summed E-state index contributed by atoms with van der Waals surface area (Å²) in [6, 6.07) is 0. The SMILES string of the molecule is CCCCCN(CCC)C1=CCC(C)C=C1C. The van der Waals surface area contributed by atoms with Crippen molar-refractivity contribution >= 4 is 0 Å². The molecule has 98 valence electrons. The van der Waals surface area contributed by atoms with Gasteiger partial charge in [-0.05, 0) is 37.7 Å². The Morgan fingerprint density at radius 3 is 2.53 bits per heavy atom. The smallest absolute Gasteiger partial charge is 0.0352 e. The standard InChI is InChI=1S/C16H29N/c1-5-7-8-12-17(11-6-2)16-10-9-14(3)13-15(16)4/h10,13-14H,5-9,11-12H2,1-4H3. The molecule has 0 fully saturated rings. The summed E-state index contributed by atoms with van der Waals surface area (Å²) in [6.45, 7) is 11.6. The maximum Gasteiger partial charge on any atom is 0.0352 e. The number of hydrogen-bond donors (Lipinski definition) is 0. The van der Waals surface area contributed by atoms with Gasteiger partial charge < -0.3 is 4.90 Å². The van der Waals surface area contributed by atoms with E-state index in [1.807, 2.05) is 0 Å². The molecule has 1 atom stereocenters. The van der Waals surface area contributed by atoms with Gasteiger partial charge in [-0.25, -0.2) is 0 Å². The molecule has 0 aromatic carbocycles. The third-order valence-electron chi connectivity index (χ3n) is 3.49. The van der Waals surface area contributed by atoms with Gasteiger partial charge >= 0.3 is 0 Å². The Labute approximate surface area is 108 Å². The molecule has 0 saturated carbocycles. The van der Waals surface area contributed by atoms with Crippen LogP contribution in [0.25, 0.3) is 0 Å². The average Bonchev–Trinajstić information content (AvgIpc) is 2.28. The quantitative estimate of drug-likeness (QED) is 0.575. The molecule has 1 rings (SSSR count). The molecule has 1 nitrogen and oxygen atoms in total. The second-order valence-electron chi connectivity index (χ2n) is 5.35. The average molecular weight is 235 g/mol. The van der Waals surface area contributed by atoms with Gasteiger partial charge in [-0.2, -0.15) is 0 Å². The molecule has 1 aliphatic rings. The van der Waals surface area contributed by atoms with Crippen molar-refractivity contribution in [2.45, 2.75) is 59.8 Å². The molecule has 0 aromatic heterocycles. The molecule has 0 heterocycles. The van der Waals surface area contributed by atoms with Gasteiger partial charge in [0.05, 0.1) is 0 Å². The Hall–Kier alpha value is -0.720. The first-order chi connectivity index (χ1) is 8.19. The molecule has 1 unspecified atom stereocenters. The van der Waals surface area contributed by atoms with E-state index in [4.69, 9.17) is 0 Å². The van der Waals surface area contributed by atoms with E-state index in [-0.39, 0.29) is 0 Å². The maximum atomic E-state index is 2.59. The summed E-state index contributed by atoms with van der Waals surface area (Å²) in [5.41, 5.74) is 2.98. The first-order valence-electron chi connectivity index (χ1n) is 7.32. The maximum absolute atomic E-state index is 2.59. The summed E-state index contributed by atoms with van der Waals surface area (Å²) in [5.74, 6) is 0.720. The third kappa shape index (κ3) is 4.57. The molecule has 0 N–H and O–H groups in total. The minimum absolute atomic E-state index is 0.720. The zero-order chi connectivity index (χ0) is 12.7. The van der Waals surface area contributed by atoms with E-state index in [9.17, 15) is 0 Å². The van der Waals surface area contributed by atoms with Crippen molar-refractivity contribution in [1.29, 1.82) is 0 Å². The molecule has 1 heteroatoms. The fraction of sp³-hybridized carbons (Fsp3) is 0.750. The van der Waals surface area contributed by atoms with Crippen LogP contribution in [0.1, 0.15) is 59.8 Å². The van der Waals surface area contributed by atoms with Crippen molar-refractivity contribution in [3.8, 4) is 0 Å². The van der Waals surface area contributed by atoms with Gasteiger partial charge in [0, 0.05) is 18.8 Å². The largest absolute Gasteiger partial charge is 0.372 e. The van der Waals surface area contributed by atoms with E-state index in [1.165, 1.54) is 56.5 Å². The van der Waals surface area contributed by atoms with Crippen molar-refractivity contribution in [2.24, 2.45) is 5.92 Å². The van der Waals surface area contributed by atoms with Crippen LogP contribution in [-0.4, -0.2) is 18.0 Å². The van der Waals surface area contributed by atoms with Crippen LogP contribution >= 0.6 is 0 Å². The lowest BCUT2D eigenvalue weighted by Crippen LogP contribution is -2.27. The molecular weight excluding hydrogens is 206 g/mol. The molecule has 0 spiro atoms. The first-order valence-corrected chi connectivity index (χ1v) is 7.32. The Balaban J connectivity index is 2.60. The molecule has 0 amide bonds. The van der Waals surface area contributed by atoms with Crippen molar-refractivity contribution in [1.82, 2.24) is 4.90 Å². The molecular formula is C16H29N. The van der Waals surface area contributed by atoms with Gasteiger partial charge in [-0.3, -0.25) is 0 Å². The van der Waals surface area contributed by atoms with Crippen LogP contribution in [-0.2, 0) is 0 Å². The van der Waals surface area contributed by atoms with Crippen LogP contribution in [0, 0.1) is 5.92 Å².